The molecule has 0 unspecified atom stereocenters. The molecule has 0 amide bonds. The van der Waals surface area contributed by atoms with E-state index in [4.69, 9.17) is 0 Å². The normalized spacial score (nSPS) is 8.33. The largest absolute Gasteiger partial charge is 0.351 e. The van der Waals surface area contributed by atoms with Gasteiger partial charge in [-0.05, 0) is 10.8 Å². The van der Waals surface area contributed by atoms with Gasteiger partial charge in [-0.25, -0.2) is 4.98 Å². The van der Waals surface area contributed by atoms with Crippen molar-refractivity contribution in [2.75, 3.05) is 0 Å². The standard InChI is InChI=1S/C6H6.C6H14.C5H12.C3H4N2.C3H8.2C2H6.CH4/c1-2-4-6-5-3-1;1-5-6(2,3)4;1-5(2,3)4;1-2-5-3-4-1;1-3-2;2*1-2;/h1-6H;5H2,1-4H3;1-4H3;1-3H,(H,4,5);3H2,1-2H3;2*1-2H3;1H4. The molecule has 0 saturated carbocycles. The molecule has 1 N–H and O–H groups in total. The summed E-state index contributed by atoms with van der Waals surface area (Å²) in [6.45, 7) is 29.9. The molecule has 30 heavy (non-hydrogen) atoms. The average molecular weight is 425 g/mol. The Bertz CT molecular complexity index is 356. The second-order valence-corrected chi connectivity index (χ2v) is 8.54. The van der Waals surface area contributed by atoms with Crippen molar-refractivity contribution in [1.29, 1.82) is 0 Å². The van der Waals surface area contributed by atoms with Gasteiger partial charge in [-0.3, -0.25) is 0 Å². The molecule has 0 aliphatic heterocycles. The molecule has 2 aromatic rings. The topological polar surface area (TPSA) is 28.7 Å². The molecule has 0 aliphatic carbocycles. The first-order valence-electron chi connectivity index (χ1n) is 11.4. The first-order valence-corrected chi connectivity index (χ1v) is 11.4. The van der Waals surface area contributed by atoms with Crippen LogP contribution in [0.15, 0.2) is 55.1 Å². The molecule has 1 heterocycles. The molecule has 182 valence electrons. The van der Waals surface area contributed by atoms with Crippen LogP contribution in [0.25, 0.3) is 0 Å². The fourth-order valence-electron chi connectivity index (χ4n) is 0.600. The van der Waals surface area contributed by atoms with Crippen LogP contribution in [0.2, 0.25) is 0 Å². The van der Waals surface area contributed by atoms with E-state index < -0.39 is 0 Å². The van der Waals surface area contributed by atoms with E-state index in [0.717, 1.165) is 0 Å². The highest BCUT2D eigenvalue weighted by atomic mass is 14.8. The molecular formula is C28H60N2. The van der Waals surface area contributed by atoms with E-state index in [9.17, 15) is 0 Å². The zero-order chi connectivity index (χ0) is 24.2. The SMILES string of the molecule is C.CC.CC.CC(C)(C)C.CCC.CCC(C)(C)C.c1c[nH]cn1.c1ccccc1. The predicted octanol–water partition coefficient (Wildman–Crippen LogP) is 10.7. The van der Waals surface area contributed by atoms with Crippen LogP contribution in [0.3, 0.4) is 0 Å². The number of H-pyrrole nitrogens is 1. The quantitative estimate of drug-likeness (QED) is 0.447. The molecule has 0 radical (unpaired) electrons. The zero-order valence-corrected chi connectivity index (χ0v) is 22.6. The second-order valence-electron chi connectivity index (χ2n) is 8.54. The lowest BCUT2D eigenvalue weighted by Crippen LogP contribution is -2.00. The molecule has 0 bridgehead atoms. The van der Waals surface area contributed by atoms with E-state index in [0.29, 0.717) is 10.8 Å². The molecule has 2 nitrogen and oxygen atoms in total. The highest BCUT2D eigenvalue weighted by Crippen LogP contribution is 2.16. The molecular weight excluding hydrogens is 364 g/mol. The predicted molar refractivity (Wildman–Crippen MR) is 145 cm³/mol. The van der Waals surface area contributed by atoms with Crippen molar-refractivity contribution in [3.63, 3.8) is 0 Å². The molecule has 2 heteroatoms. The van der Waals surface area contributed by atoms with Crippen LogP contribution in [0.5, 0.6) is 0 Å². The summed E-state index contributed by atoms with van der Waals surface area (Å²) in [6.07, 6.45) is 7.60. The van der Waals surface area contributed by atoms with Crippen molar-refractivity contribution in [1.82, 2.24) is 9.97 Å². The third-order valence-electron chi connectivity index (χ3n) is 2.13. The fourth-order valence-corrected chi connectivity index (χ4v) is 0.600. The Morgan fingerprint density at radius 3 is 0.967 bits per heavy atom. The summed E-state index contributed by atoms with van der Waals surface area (Å²) in [5.74, 6) is 0. The molecule has 2 rings (SSSR count). The number of aromatic amines is 1. The van der Waals surface area contributed by atoms with Crippen LogP contribution in [0.4, 0.5) is 0 Å². The van der Waals surface area contributed by atoms with Crippen LogP contribution in [-0.4, -0.2) is 9.97 Å². The van der Waals surface area contributed by atoms with Gasteiger partial charge in [-0.1, -0.05) is 154 Å². The summed E-state index contributed by atoms with van der Waals surface area (Å²) in [7, 11) is 0. The number of hydrogen-bond donors (Lipinski definition) is 1. The Balaban J connectivity index is -0.0000000578. The lowest BCUT2D eigenvalue weighted by molar-refractivity contribution is 0.398. The van der Waals surface area contributed by atoms with E-state index in [1.807, 2.05) is 64.1 Å². The number of nitrogens with one attached hydrogen (secondary N) is 1. The first-order chi connectivity index (χ1) is 13.5. The van der Waals surface area contributed by atoms with Gasteiger partial charge in [0.15, 0.2) is 0 Å². The number of imidazole rings is 1. The van der Waals surface area contributed by atoms with Crippen molar-refractivity contribution in [3.8, 4) is 0 Å². The van der Waals surface area contributed by atoms with Crippen molar-refractivity contribution >= 4 is 0 Å². The smallest absolute Gasteiger partial charge is 0.0919 e. The molecule has 0 fully saturated rings. The highest BCUT2D eigenvalue weighted by molar-refractivity contribution is 4.99. The van der Waals surface area contributed by atoms with E-state index in [-0.39, 0.29) is 7.43 Å². The lowest BCUT2D eigenvalue weighted by Gasteiger charge is -2.12. The Labute approximate surface area is 193 Å². The van der Waals surface area contributed by atoms with Gasteiger partial charge in [0.2, 0.25) is 0 Å². The molecule has 1 aromatic carbocycles. The zero-order valence-electron chi connectivity index (χ0n) is 22.6. The summed E-state index contributed by atoms with van der Waals surface area (Å²) >= 11 is 0. The van der Waals surface area contributed by atoms with Gasteiger partial charge in [0.25, 0.3) is 0 Å². The van der Waals surface area contributed by atoms with Crippen molar-refractivity contribution < 1.29 is 0 Å². The van der Waals surface area contributed by atoms with E-state index >= 15 is 0 Å². The van der Waals surface area contributed by atoms with Crippen molar-refractivity contribution in [3.05, 3.63) is 55.1 Å². The minimum Gasteiger partial charge on any atom is -0.351 e. The van der Waals surface area contributed by atoms with E-state index in [1.165, 1.54) is 12.8 Å². The Hall–Kier alpha value is -1.57. The Morgan fingerprint density at radius 1 is 0.667 bits per heavy atom. The Kier molecular flexibility index (Phi) is 49.5. The van der Waals surface area contributed by atoms with Gasteiger partial charge in [0.1, 0.15) is 0 Å². The second kappa shape index (κ2) is 34.9. The van der Waals surface area contributed by atoms with Crippen LogP contribution in [0, 0.1) is 10.8 Å². The molecule has 1 aromatic heterocycles. The number of rotatable bonds is 0. The highest BCUT2D eigenvalue weighted by Gasteiger charge is 2.03. The van der Waals surface area contributed by atoms with Gasteiger partial charge >= 0.3 is 0 Å². The molecule has 0 spiro atoms. The van der Waals surface area contributed by atoms with Gasteiger partial charge in [0.05, 0.1) is 6.33 Å². The van der Waals surface area contributed by atoms with E-state index in [1.54, 1.807) is 18.7 Å². The summed E-state index contributed by atoms with van der Waals surface area (Å²) in [4.78, 5) is 6.42. The van der Waals surface area contributed by atoms with Crippen LogP contribution >= 0.6 is 0 Å². The summed E-state index contributed by atoms with van der Waals surface area (Å²) < 4.78 is 0. The Morgan fingerprint density at radius 2 is 0.900 bits per heavy atom. The number of nitrogens with zero attached hydrogens (tertiary/aromatic N) is 1. The average Bonchev–Trinajstić information content (AvgIpc) is 3.26. The van der Waals surface area contributed by atoms with Crippen molar-refractivity contribution in [2.45, 2.75) is 117 Å². The number of aromatic nitrogens is 2. The molecule has 0 saturated heterocycles. The third kappa shape index (κ3) is 111. The maximum atomic E-state index is 3.67. The van der Waals surface area contributed by atoms with Gasteiger partial charge in [-0.2, -0.15) is 0 Å². The van der Waals surface area contributed by atoms with Crippen LogP contribution < -0.4 is 0 Å². The lowest BCUT2D eigenvalue weighted by atomic mass is 9.94. The first kappa shape index (κ1) is 42.5. The third-order valence-corrected chi connectivity index (χ3v) is 2.13. The maximum Gasteiger partial charge on any atom is 0.0919 e. The van der Waals surface area contributed by atoms with Gasteiger partial charge < -0.3 is 4.98 Å². The monoisotopic (exact) mass is 424 g/mol. The summed E-state index contributed by atoms with van der Waals surface area (Å²) in [5.41, 5.74) is 1.04. The summed E-state index contributed by atoms with van der Waals surface area (Å²) in [6, 6.07) is 12.0. The fraction of sp³-hybridized carbons (Fsp3) is 0.679. The number of hydrogen-bond acceptors (Lipinski definition) is 1. The minimum atomic E-state index is 0. The van der Waals surface area contributed by atoms with Crippen molar-refractivity contribution in [2.24, 2.45) is 10.8 Å². The molecule has 0 aliphatic rings. The van der Waals surface area contributed by atoms with Gasteiger partial charge in [0, 0.05) is 12.4 Å². The van der Waals surface area contributed by atoms with E-state index in [2.05, 4.69) is 79.2 Å². The summed E-state index contributed by atoms with van der Waals surface area (Å²) in [5, 5.41) is 0. The van der Waals surface area contributed by atoms with Crippen LogP contribution in [0.1, 0.15) is 117 Å². The van der Waals surface area contributed by atoms with Crippen LogP contribution in [-0.2, 0) is 0 Å². The van der Waals surface area contributed by atoms with Gasteiger partial charge in [-0.15, -0.1) is 0 Å². The maximum absolute atomic E-state index is 3.67. The molecule has 0 atom stereocenters. The minimum absolute atomic E-state index is 0. The number of benzene rings is 1.